The quantitative estimate of drug-likeness (QED) is 0.315. The van der Waals surface area contributed by atoms with Crippen LogP contribution in [0.3, 0.4) is 0 Å². The van der Waals surface area contributed by atoms with Gasteiger partial charge in [0.2, 0.25) is 5.09 Å². The summed E-state index contributed by atoms with van der Waals surface area (Å²) in [6, 6.07) is 8.38. The summed E-state index contributed by atoms with van der Waals surface area (Å²) in [6.45, 7) is 0. The fourth-order valence-corrected chi connectivity index (χ4v) is 1.92. The third kappa shape index (κ3) is 5.24. The van der Waals surface area contributed by atoms with Crippen LogP contribution in [0.4, 0.5) is 0 Å². The normalized spacial score (nSPS) is 11.2. The van der Waals surface area contributed by atoms with E-state index < -0.39 is 21.1 Å². The third-order valence-corrected chi connectivity index (χ3v) is 3.28. The molecular weight excluding hydrogens is 343 g/mol. The molecule has 0 bridgehead atoms. The van der Waals surface area contributed by atoms with Crippen molar-refractivity contribution in [3.05, 3.63) is 52.7 Å². The maximum absolute atomic E-state index is 11.7. The van der Waals surface area contributed by atoms with Crippen LogP contribution < -0.4 is 35.0 Å². The Hall–Kier alpha value is -1.16. The van der Waals surface area contributed by atoms with E-state index in [2.05, 4.69) is 10.5 Å². The number of nitrogens with one attached hydrogen (secondary N) is 1. The Balaban J connectivity index is 0.00000242. The first-order chi connectivity index (χ1) is 9.86. The number of halogens is 1. The Morgan fingerprint density at radius 3 is 2.41 bits per heavy atom. The standard InChI is InChI=1S/C12H9ClN2O5S.Na/c13-9-3-1-8(2-4-9)12(16)15-14-7-10-5-6-11(20-10)21(17,18)19;/h1-7H,(H,15,16)(H,17,18,19);/q;+1/p-1/b14-7-;. The molecule has 1 amide bonds. The van der Waals surface area contributed by atoms with E-state index in [1.54, 1.807) is 12.1 Å². The average molecular weight is 351 g/mol. The number of benzene rings is 1. The van der Waals surface area contributed by atoms with Crippen molar-refractivity contribution in [1.82, 2.24) is 5.43 Å². The van der Waals surface area contributed by atoms with Crippen LogP contribution in [0.1, 0.15) is 16.1 Å². The first-order valence-electron chi connectivity index (χ1n) is 5.51. The molecule has 7 nitrogen and oxygen atoms in total. The minimum absolute atomic E-state index is 0. The maximum atomic E-state index is 11.7. The second-order valence-electron chi connectivity index (χ2n) is 3.82. The summed E-state index contributed by atoms with van der Waals surface area (Å²) in [6.07, 6.45) is 1.07. The second kappa shape index (κ2) is 7.91. The van der Waals surface area contributed by atoms with Crippen LogP contribution >= 0.6 is 11.6 Å². The number of rotatable bonds is 4. The molecule has 0 aliphatic rings. The minimum atomic E-state index is -4.65. The van der Waals surface area contributed by atoms with Gasteiger partial charge in [-0.05, 0) is 36.4 Å². The zero-order valence-electron chi connectivity index (χ0n) is 11.3. The number of amides is 1. The summed E-state index contributed by atoms with van der Waals surface area (Å²) < 4.78 is 36.7. The Morgan fingerprint density at radius 1 is 1.23 bits per heavy atom. The van der Waals surface area contributed by atoms with E-state index in [4.69, 9.17) is 16.0 Å². The number of hydrazone groups is 1. The molecule has 1 aromatic carbocycles. The Bertz CT molecular complexity index is 786. The maximum Gasteiger partial charge on any atom is 1.00 e. The van der Waals surface area contributed by atoms with Gasteiger partial charge in [0.1, 0.15) is 5.76 Å². The van der Waals surface area contributed by atoms with E-state index >= 15 is 0 Å². The molecule has 0 aliphatic carbocycles. The van der Waals surface area contributed by atoms with Gasteiger partial charge in [-0.3, -0.25) is 4.79 Å². The first kappa shape index (κ1) is 18.9. The van der Waals surface area contributed by atoms with Crippen LogP contribution in [0.15, 0.2) is 51.0 Å². The molecule has 110 valence electrons. The molecular formula is C12H8ClN2NaO5S. The predicted molar refractivity (Wildman–Crippen MR) is 73.2 cm³/mol. The number of hydrogen-bond acceptors (Lipinski definition) is 6. The van der Waals surface area contributed by atoms with Gasteiger partial charge in [0.15, 0.2) is 10.1 Å². The molecule has 2 rings (SSSR count). The molecule has 0 fully saturated rings. The van der Waals surface area contributed by atoms with E-state index in [-0.39, 0.29) is 35.3 Å². The molecule has 0 atom stereocenters. The smallest absolute Gasteiger partial charge is 0.742 e. The van der Waals surface area contributed by atoms with Gasteiger partial charge in [-0.1, -0.05) is 11.6 Å². The van der Waals surface area contributed by atoms with Gasteiger partial charge in [0.05, 0.1) is 6.21 Å². The van der Waals surface area contributed by atoms with E-state index in [1.807, 2.05) is 0 Å². The number of carbonyl (C=O) groups is 1. The summed E-state index contributed by atoms with van der Waals surface area (Å²) in [5, 5.41) is 3.37. The van der Waals surface area contributed by atoms with Crippen LogP contribution in [0.25, 0.3) is 0 Å². The van der Waals surface area contributed by atoms with Crippen molar-refractivity contribution in [3.63, 3.8) is 0 Å². The minimum Gasteiger partial charge on any atom is -0.742 e. The molecule has 1 N–H and O–H groups in total. The molecule has 0 unspecified atom stereocenters. The summed E-state index contributed by atoms with van der Waals surface area (Å²) in [7, 11) is -4.65. The second-order valence-corrected chi connectivity index (χ2v) is 5.56. The van der Waals surface area contributed by atoms with Crippen LogP contribution in [-0.2, 0) is 10.1 Å². The summed E-state index contributed by atoms with van der Waals surface area (Å²) in [5.74, 6) is -0.466. The third-order valence-electron chi connectivity index (χ3n) is 2.31. The molecule has 2 aromatic rings. The number of carbonyl (C=O) groups excluding carboxylic acids is 1. The zero-order valence-corrected chi connectivity index (χ0v) is 14.9. The topological polar surface area (TPSA) is 112 Å². The van der Waals surface area contributed by atoms with Crippen molar-refractivity contribution in [2.45, 2.75) is 5.09 Å². The van der Waals surface area contributed by atoms with Crippen molar-refractivity contribution >= 4 is 33.8 Å². The number of hydrogen-bond donors (Lipinski definition) is 1. The molecule has 0 radical (unpaired) electrons. The van der Waals surface area contributed by atoms with Crippen molar-refractivity contribution in [2.75, 3.05) is 0 Å². The van der Waals surface area contributed by atoms with Crippen LogP contribution in [0.2, 0.25) is 5.02 Å². The molecule has 0 saturated carbocycles. The molecule has 1 aromatic heterocycles. The fraction of sp³-hybridized carbons (Fsp3) is 0. The fourth-order valence-electron chi connectivity index (χ4n) is 1.36. The van der Waals surface area contributed by atoms with Crippen molar-refractivity contribution < 1.29 is 51.7 Å². The van der Waals surface area contributed by atoms with E-state index in [1.165, 1.54) is 18.2 Å². The predicted octanol–water partition coefficient (Wildman–Crippen LogP) is -1.39. The summed E-state index contributed by atoms with van der Waals surface area (Å²) in [5.41, 5.74) is 2.56. The van der Waals surface area contributed by atoms with Crippen molar-refractivity contribution in [2.24, 2.45) is 5.10 Å². The first-order valence-corrected chi connectivity index (χ1v) is 7.29. The largest absolute Gasteiger partial charge is 1.00 e. The Morgan fingerprint density at radius 2 is 1.86 bits per heavy atom. The van der Waals surface area contributed by atoms with Gasteiger partial charge in [-0.2, -0.15) is 5.10 Å². The summed E-state index contributed by atoms with van der Waals surface area (Å²) >= 11 is 5.69. The summed E-state index contributed by atoms with van der Waals surface area (Å²) in [4.78, 5) is 11.7. The van der Waals surface area contributed by atoms with Gasteiger partial charge in [-0.15, -0.1) is 0 Å². The molecule has 0 aliphatic heterocycles. The van der Waals surface area contributed by atoms with E-state index in [0.29, 0.717) is 10.6 Å². The SMILES string of the molecule is O=C(N/N=C\c1ccc(S(=O)(=O)[O-])o1)c1ccc(Cl)cc1.[Na+]. The molecule has 1 heterocycles. The van der Waals surface area contributed by atoms with Crippen molar-refractivity contribution in [3.8, 4) is 0 Å². The zero-order chi connectivity index (χ0) is 15.5. The molecule has 22 heavy (non-hydrogen) atoms. The number of nitrogens with zero attached hydrogens (tertiary/aromatic N) is 1. The van der Waals surface area contributed by atoms with Gasteiger partial charge < -0.3 is 8.97 Å². The molecule has 0 spiro atoms. The Kier molecular flexibility index (Phi) is 6.79. The van der Waals surface area contributed by atoms with Crippen molar-refractivity contribution in [1.29, 1.82) is 0 Å². The molecule has 0 saturated heterocycles. The Labute approximate surface area is 153 Å². The number of furan rings is 1. The van der Waals surface area contributed by atoms with Crippen LogP contribution in [0.5, 0.6) is 0 Å². The van der Waals surface area contributed by atoms with E-state index in [9.17, 15) is 17.8 Å². The van der Waals surface area contributed by atoms with Gasteiger partial charge >= 0.3 is 29.6 Å². The van der Waals surface area contributed by atoms with Gasteiger partial charge in [0, 0.05) is 10.6 Å². The molecule has 10 heteroatoms. The average Bonchev–Trinajstić information content (AvgIpc) is 2.88. The van der Waals surface area contributed by atoms with Gasteiger partial charge in [-0.25, -0.2) is 13.8 Å². The van der Waals surface area contributed by atoms with E-state index in [0.717, 1.165) is 12.3 Å². The van der Waals surface area contributed by atoms with Gasteiger partial charge in [0.25, 0.3) is 5.91 Å². The van der Waals surface area contributed by atoms with Crippen LogP contribution in [-0.4, -0.2) is 25.1 Å². The van der Waals surface area contributed by atoms with Crippen LogP contribution in [0, 0.1) is 0 Å². The monoisotopic (exact) mass is 350 g/mol.